The molecule has 0 fully saturated rings. The van der Waals surface area contributed by atoms with E-state index in [2.05, 4.69) is 10.3 Å². The van der Waals surface area contributed by atoms with E-state index in [9.17, 15) is 9.59 Å². The van der Waals surface area contributed by atoms with Crippen LogP contribution in [0.5, 0.6) is 5.75 Å². The summed E-state index contributed by atoms with van der Waals surface area (Å²) in [4.78, 5) is 25.9. The number of nitrogens with zero attached hydrogens (tertiary/aromatic N) is 1. The van der Waals surface area contributed by atoms with Gasteiger partial charge in [0.2, 0.25) is 0 Å². The minimum Gasteiger partial charge on any atom is -0.506 e. The smallest absolute Gasteiger partial charge is 0.326 e. The van der Waals surface area contributed by atoms with Crippen molar-refractivity contribution in [1.82, 2.24) is 10.3 Å². The zero-order chi connectivity index (χ0) is 12.1. The molecule has 6 heteroatoms. The molecule has 1 aromatic heterocycles. The van der Waals surface area contributed by atoms with E-state index >= 15 is 0 Å². The van der Waals surface area contributed by atoms with Crippen molar-refractivity contribution in [1.29, 1.82) is 0 Å². The second kappa shape index (κ2) is 5.11. The van der Waals surface area contributed by atoms with Crippen LogP contribution in [0, 0.1) is 0 Å². The standard InChI is InChI=1S/C10H12N2O4/c1-2-8(10(15)16)12-9(14)6-3-7(13)5-11-4-6/h3-5,8,13H,2H2,1H3,(H,12,14)(H,15,16)/t8-/m0/s1. The molecule has 6 nitrogen and oxygen atoms in total. The van der Waals surface area contributed by atoms with Crippen molar-refractivity contribution in [3.63, 3.8) is 0 Å². The van der Waals surface area contributed by atoms with Gasteiger partial charge in [-0.1, -0.05) is 6.92 Å². The van der Waals surface area contributed by atoms with Crippen LogP contribution >= 0.6 is 0 Å². The number of aromatic hydroxyl groups is 1. The van der Waals surface area contributed by atoms with Crippen molar-refractivity contribution < 1.29 is 19.8 Å². The Labute approximate surface area is 91.9 Å². The third-order valence-electron chi connectivity index (χ3n) is 2.00. The maximum atomic E-state index is 11.5. The van der Waals surface area contributed by atoms with Gasteiger partial charge in [0.25, 0.3) is 5.91 Å². The van der Waals surface area contributed by atoms with Crippen molar-refractivity contribution in [2.24, 2.45) is 0 Å². The number of carbonyl (C=O) groups excluding carboxylic acids is 1. The SMILES string of the molecule is CC[C@H](NC(=O)c1cncc(O)c1)C(=O)O. The van der Waals surface area contributed by atoms with Crippen LogP contribution in [0.15, 0.2) is 18.5 Å². The second-order valence-corrected chi connectivity index (χ2v) is 3.20. The lowest BCUT2D eigenvalue weighted by Crippen LogP contribution is -2.40. The number of pyridine rings is 1. The molecule has 0 bridgehead atoms. The molecule has 0 aliphatic rings. The number of nitrogens with one attached hydrogen (secondary N) is 1. The Morgan fingerprint density at radius 1 is 1.50 bits per heavy atom. The lowest BCUT2D eigenvalue weighted by atomic mass is 10.2. The second-order valence-electron chi connectivity index (χ2n) is 3.20. The molecule has 0 saturated carbocycles. The molecule has 86 valence electrons. The van der Waals surface area contributed by atoms with Crippen LogP contribution in [-0.4, -0.2) is 33.1 Å². The fraction of sp³-hybridized carbons (Fsp3) is 0.300. The van der Waals surface area contributed by atoms with Crippen molar-refractivity contribution in [2.75, 3.05) is 0 Å². The molecule has 16 heavy (non-hydrogen) atoms. The van der Waals surface area contributed by atoms with E-state index in [0.29, 0.717) is 0 Å². The van der Waals surface area contributed by atoms with Crippen LogP contribution in [0.2, 0.25) is 0 Å². The molecular weight excluding hydrogens is 212 g/mol. The number of amides is 1. The number of aromatic nitrogens is 1. The Morgan fingerprint density at radius 2 is 2.19 bits per heavy atom. The Bertz CT molecular complexity index is 406. The first-order valence-corrected chi connectivity index (χ1v) is 4.72. The summed E-state index contributed by atoms with van der Waals surface area (Å²) >= 11 is 0. The number of hydrogen-bond acceptors (Lipinski definition) is 4. The summed E-state index contributed by atoms with van der Waals surface area (Å²) in [6.07, 6.45) is 2.72. The third-order valence-corrected chi connectivity index (χ3v) is 2.00. The van der Waals surface area contributed by atoms with Gasteiger partial charge in [-0.25, -0.2) is 4.79 Å². The van der Waals surface area contributed by atoms with E-state index in [1.807, 2.05) is 0 Å². The maximum absolute atomic E-state index is 11.5. The molecule has 0 aromatic carbocycles. The number of aliphatic carboxylic acids is 1. The van der Waals surface area contributed by atoms with E-state index in [1.54, 1.807) is 6.92 Å². The average molecular weight is 224 g/mol. The monoisotopic (exact) mass is 224 g/mol. The van der Waals surface area contributed by atoms with Gasteiger partial charge in [-0.15, -0.1) is 0 Å². The number of carboxylic acids is 1. The summed E-state index contributed by atoms with van der Waals surface area (Å²) in [7, 11) is 0. The lowest BCUT2D eigenvalue weighted by molar-refractivity contribution is -0.139. The first-order valence-electron chi connectivity index (χ1n) is 4.72. The summed E-state index contributed by atoms with van der Waals surface area (Å²) < 4.78 is 0. The minimum atomic E-state index is -1.09. The van der Waals surface area contributed by atoms with Crippen LogP contribution in [0.25, 0.3) is 0 Å². The lowest BCUT2D eigenvalue weighted by Gasteiger charge is -2.11. The van der Waals surface area contributed by atoms with E-state index in [0.717, 1.165) is 0 Å². The van der Waals surface area contributed by atoms with Crippen LogP contribution in [-0.2, 0) is 4.79 Å². The average Bonchev–Trinajstić information content (AvgIpc) is 2.25. The van der Waals surface area contributed by atoms with Crippen LogP contribution in [0.1, 0.15) is 23.7 Å². The Balaban J connectivity index is 2.75. The molecule has 1 heterocycles. The highest BCUT2D eigenvalue weighted by molar-refractivity contribution is 5.96. The predicted molar refractivity (Wildman–Crippen MR) is 55.1 cm³/mol. The van der Waals surface area contributed by atoms with Crippen molar-refractivity contribution in [3.8, 4) is 5.75 Å². The van der Waals surface area contributed by atoms with Crippen molar-refractivity contribution in [2.45, 2.75) is 19.4 Å². The van der Waals surface area contributed by atoms with Gasteiger partial charge in [-0.05, 0) is 12.5 Å². The van der Waals surface area contributed by atoms with Gasteiger partial charge in [-0.2, -0.15) is 0 Å². The molecule has 1 rings (SSSR count). The molecule has 1 atom stereocenters. The molecule has 0 aliphatic carbocycles. The van der Waals surface area contributed by atoms with Gasteiger partial charge in [0, 0.05) is 6.20 Å². The van der Waals surface area contributed by atoms with Gasteiger partial charge in [-0.3, -0.25) is 9.78 Å². The molecular formula is C10H12N2O4. The van der Waals surface area contributed by atoms with Crippen molar-refractivity contribution >= 4 is 11.9 Å². The highest BCUT2D eigenvalue weighted by Gasteiger charge is 2.18. The molecule has 0 spiro atoms. The van der Waals surface area contributed by atoms with Gasteiger partial charge >= 0.3 is 5.97 Å². The van der Waals surface area contributed by atoms with E-state index in [4.69, 9.17) is 10.2 Å². The predicted octanol–water partition coefficient (Wildman–Crippen LogP) is 0.380. The van der Waals surface area contributed by atoms with Gasteiger partial charge in [0.05, 0.1) is 11.8 Å². The molecule has 3 N–H and O–H groups in total. The Morgan fingerprint density at radius 3 is 2.69 bits per heavy atom. The molecule has 1 aromatic rings. The van der Waals surface area contributed by atoms with Crippen LogP contribution < -0.4 is 5.32 Å². The summed E-state index contributed by atoms with van der Waals surface area (Å²) in [5.74, 6) is -1.81. The Hall–Kier alpha value is -2.11. The highest BCUT2D eigenvalue weighted by Crippen LogP contribution is 2.08. The quantitative estimate of drug-likeness (QED) is 0.686. The third kappa shape index (κ3) is 2.94. The number of carboxylic acid groups (broad SMARTS) is 1. The minimum absolute atomic E-state index is 0.125. The van der Waals surface area contributed by atoms with Gasteiger partial charge in [0.15, 0.2) is 0 Å². The largest absolute Gasteiger partial charge is 0.506 e. The van der Waals surface area contributed by atoms with Crippen LogP contribution in [0.4, 0.5) is 0 Å². The van der Waals surface area contributed by atoms with Gasteiger partial charge < -0.3 is 15.5 Å². The summed E-state index contributed by atoms with van der Waals surface area (Å²) in [5.41, 5.74) is 0.125. The van der Waals surface area contributed by atoms with E-state index < -0.39 is 17.9 Å². The molecule has 0 aliphatic heterocycles. The summed E-state index contributed by atoms with van der Waals surface area (Å²) in [6.45, 7) is 1.65. The highest BCUT2D eigenvalue weighted by atomic mass is 16.4. The topological polar surface area (TPSA) is 99.5 Å². The van der Waals surface area contributed by atoms with Crippen molar-refractivity contribution in [3.05, 3.63) is 24.0 Å². The first-order chi connectivity index (χ1) is 7.54. The zero-order valence-corrected chi connectivity index (χ0v) is 8.67. The maximum Gasteiger partial charge on any atom is 0.326 e. The van der Waals surface area contributed by atoms with E-state index in [1.165, 1.54) is 18.5 Å². The number of carbonyl (C=O) groups is 2. The van der Waals surface area contributed by atoms with Gasteiger partial charge in [0.1, 0.15) is 11.8 Å². The van der Waals surface area contributed by atoms with E-state index in [-0.39, 0.29) is 17.7 Å². The Kier molecular flexibility index (Phi) is 3.82. The molecule has 0 unspecified atom stereocenters. The number of rotatable bonds is 4. The zero-order valence-electron chi connectivity index (χ0n) is 8.67. The molecule has 1 amide bonds. The normalized spacial score (nSPS) is 11.8. The number of hydrogen-bond donors (Lipinski definition) is 3. The fourth-order valence-electron chi connectivity index (χ4n) is 1.13. The first kappa shape index (κ1) is 12.0. The van der Waals surface area contributed by atoms with Crippen LogP contribution in [0.3, 0.4) is 0 Å². The summed E-state index contributed by atoms with van der Waals surface area (Å²) in [6, 6.07) is 0.284. The fourth-order valence-corrected chi connectivity index (χ4v) is 1.13. The summed E-state index contributed by atoms with van der Waals surface area (Å²) in [5, 5.41) is 20.2. The molecule has 0 radical (unpaired) electrons. The molecule has 0 saturated heterocycles.